The Morgan fingerprint density at radius 1 is 1.29 bits per heavy atom. The lowest BCUT2D eigenvalue weighted by Gasteiger charge is -2.31. The van der Waals surface area contributed by atoms with Gasteiger partial charge in [0.05, 0.1) is 23.5 Å². The minimum Gasteiger partial charge on any atom is -0.380 e. The molecular weight excluding hydrogens is 262 g/mol. The molecule has 4 heteroatoms. The first-order valence-electron chi connectivity index (χ1n) is 8.04. The Labute approximate surface area is 126 Å². The van der Waals surface area contributed by atoms with E-state index in [1.165, 1.54) is 31.2 Å². The molecule has 1 saturated carbocycles. The number of aromatic nitrogens is 2. The second-order valence-corrected chi connectivity index (χ2v) is 5.90. The zero-order valence-corrected chi connectivity index (χ0v) is 12.8. The molecule has 2 atom stereocenters. The van der Waals surface area contributed by atoms with Crippen molar-refractivity contribution in [1.82, 2.24) is 14.9 Å². The van der Waals surface area contributed by atoms with Gasteiger partial charge in [0.1, 0.15) is 0 Å². The van der Waals surface area contributed by atoms with Crippen LogP contribution < -0.4 is 5.32 Å². The normalized spacial score (nSPS) is 22.7. The summed E-state index contributed by atoms with van der Waals surface area (Å²) in [5, 5.41) is 3.67. The van der Waals surface area contributed by atoms with Gasteiger partial charge in [-0.2, -0.15) is 0 Å². The van der Waals surface area contributed by atoms with Crippen LogP contribution in [-0.2, 0) is 11.3 Å². The van der Waals surface area contributed by atoms with Gasteiger partial charge in [0.25, 0.3) is 0 Å². The van der Waals surface area contributed by atoms with Crippen LogP contribution in [0.3, 0.4) is 0 Å². The number of imidazole rings is 1. The van der Waals surface area contributed by atoms with Crippen molar-refractivity contribution in [1.29, 1.82) is 0 Å². The first-order valence-corrected chi connectivity index (χ1v) is 8.04. The molecule has 0 amide bonds. The van der Waals surface area contributed by atoms with Crippen molar-refractivity contribution >= 4 is 11.0 Å². The van der Waals surface area contributed by atoms with Crippen molar-refractivity contribution in [2.75, 3.05) is 13.7 Å². The number of hydrogen-bond acceptors (Lipinski definition) is 3. The summed E-state index contributed by atoms with van der Waals surface area (Å²) in [7, 11) is 1.84. The second-order valence-electron chi connectivity index (χ2n) is 5.90. The molecule has 114 valence electrons. The summed E-state index contributed by atoms with van der Waals surface area (Å²) in [4.78, 5) is 4.44. The number of benzene rings is 1. The molecule has 21 heavy (non-hydrogen) atoms. The van der Waals surface area contributed by atoms with Gasteiger partial charge in [-0.25, -0.2) is 4.98 Å². The molecule has 3 rings (SSSR count). The third kappa shape index (κ3) is 3.44. The van der Waals surface area contributed by atoms with Crippen LogP contribution in [0.25, 0.3) is 11.0 Å². The highest BCUT2D eigenvalue weighted by Gasteiger charge is 2.23. The third-order valence-corrected chi connectivity index (χ3v) is 4.51. The van der Waals surface area contributed by atoms with Gasteiger partial charge in [0.15, 0.2) is 0 Å². The molecule has 0 radical (unpaired) electrons. The summed E-state index contributed by atoms with van der Waals surface area (Å²) in [6.45, 7) is 2.05. The van der Waals surface area contributed by atoms with Crippen LogP contribution in [0.2, 0.25) is 0 Å². The average molecular weight is 287 g/mol. The summed E-state index contributed by atoms with van der Waals surface area (Å²) < 4.78 is 7.83. The third-order valence-electron chi connectivity index (χ3n) is 4.51. The van der Waals surface area contributed by atoms with Gasteiger partial charge in [-0.05, 0) is 37.9 Å². The van der Waals surface area contributed by atoms with Crippen LogP contribution in [0.1, 0.15) is 32.1 Å². The van der Waals surface area contributed by atoms with E-state index in [0.717, 1.165) is 25.0 Å². The van der Waals surface area contributed by atoms with Crippen molar-refractivity contribution < 1.29 is 4.74 Å². The van der Waals surface area contributed by atoms with Crippen molar-refractivity contribution in [3.8, 4) is 0 Å². The lowest BCUT2D eigenvalue weighted by atomic mass is 9.92. The summed E-state index contributed by atoms with van der Waals surface area (Å²) in [5.41, 5.74) is 2.31. The zero-order chi connectivity index (χ0) is 14.5. The molecule has 1 fully saturated rings. The fourth-order valence-corrected chi connectivity index (χ4v) is 3.34. The highest BCUT2D eigenvalue weighted by Crippen LogP contribution is 2.20. The number of rotatable bonds is 6. The number of aryl methyl sites for hydroxylation is 1. The van der Waals surface area contributed by atoms with Crippen molar-refractivity contribution in [3.63, 3.8) is 0 Å². The standard InChI is InChI=1S/C17H25N3O/c1-21-17-10-5-3-8-15(17)18-11-6-12-20-13-19-14-7-2-4-9-16(14)20/h2,4,7,9,13,15,17-18H,3,5-6,8,10-12H2,1H3. The van der Waals surface area contributed by atoms with Crippen molar-refractivity contribution in [3.05, 3.63) is 30.6 Å². The van der Waals surface area contributed by atoms with E-state index < -0.39 is 0 Å². The number of ether oxygens (including phenoxy) is 1. The Bertz CT molecular complexity index is 566. The number of nitrogens with one attached hydrogen (secondary N) is 1. The average Bonchev–Trinajstić information content (AvgIpc) is 2.95. The smallest absolute Gasteiger partial charge is 0.0958 e. The molecule has 1 aromatic carbocycles. The number of methoxy groups -OCH3 is 1. The molecule has 0 saturated heterocycles. The Morgan fingerprint density at radius 2 is 2.14 bits per heavy atom. The first-order chi connectivity index (χ1) is 10.4. The van der Waals surface area contributed by atoms with Crippen LogP contribution in [0.15, 0.2) is 30.6 Å². The first kappa shape index (κ1) is 14.5. The molecule has 1 N–H and O–H groups in total. The molecule has 0 bridgehead atoms. The number of fused-ring (bicyclic) bond motifs is 1. The monoisotopic (exact) mass is 287 g/mol. The molecule has 0 aliphatic heterocycles. The van der Waals surface area contributed by atoms with Crippen LogP contribution in [0.5, 0.6) is 0 Å². The van der Waals surface area contributed by atoms with E-state index in [9.17, 15) is 0 Å². The van der Waals surface area contributed by atoms with Crippen molar-refractivity contribution in [2.45, 2.75) is 50.8 Å². The summed E-state index contributed by atoms with van der Waals surface area (Å²) >= 11 is 0. The van der Waals surface area contributed by atoms with Gasteiger partial charge in [-0.1, -0.05) is 25.0 Å². The number of para-hydroxylation sites is 2. The maximum Gasteiger partial charge on any atom is 0.0958 e. The van der Waals surface area contributed by atoms with Gasteiger partial charge < -0.3 is 14.6 Å². The van der Waals surface area contributed by atoms with E-state index in [-0.39, 0.29) is 0 Å². The minimum atomic E-state index is 0.396. The van der Waals surface area contributed by atoms with E-state index in [4.69, 9.17) is 4.74 Å². The predicted octanol–water partition coefficient (Wildman–Crippen LogP) is 2.97. The maximum absolute atomic E-state index is 5.59. The lowest BCUT2D eigenvalue weighted by Crippen LogP contribution is -2.43. The molecular formula is C17H25N3O. The Hall–Kier alpha value is -1.39. The molecule has 1 aliphatic rings. The summed E-state index contributed by atoms with van der Waals surface area (Å²) in [6.07, 6.45) is 8.53. The highest BCUT2D eigenvalue weighted by molar-refractivity contribution is 5.74. The van der Waals surface area contributed by atoms with E-state index in [0.29, 0.717) is 12.1 Å². The molecule has 1 heterocycles. The maximum atomic E-state index is 5.59. The molecule has 0 spiro atoms. The fourth-order valence-electron chi connectivity index (χ4n) is 3.34. The van der Waals surface area contributed by atoms with Crippen LogP contribution in [0, 0.1) is 0 Å². The zero-order valence-electron chi connectivity index (χ0n) is 12.8. The summed E-state index contributed by atoms with van der Waals surface area (Å²) in [5.74, 6) is 0. The summed E-state index contributed by atoms with van der Waals surface area (Å²) in [6, 6.07) is 8.84. The lowest BCUT2D eigenvalue weighted by molar-refractivity contribution is 0.0418. The minimum absolute atomic E-state index is 0.396. The van der Waals surface area contributed by atoms with Crippen LogP contribution in [-0.4, -0.2) is 35.4 Å². The number of nitrogens with zero attached hydrogens (tertiary/aromatic N) is 2. The van der Waals surface area contributed by atoms with Crippen molar-refractivity contribution in [2.24, 2.45) is 0 Å². The van der Waals surface area contributed by atoms with Gasteiger partial charge in [0.2, 0.25) is 0 Å². The molecule has 1 aliphatic carbocycles. The molecule has 1 aromatic heterocycles. The Kier molecular flexibility index (Phi) is 4.88. The van der Waals surface area contributed by atoms with Gasteiger partial charge >= 0.3 is 0 Å². The van der Waals surface area contributed by atoms with Gasteiger partial charge in [0, 0.05) is 19.7 Å². The topological polar surface area (TPSA) is 39.1 Å². The quantitative estimate of drug-likeness (QED) is 0.830. The van der Waals surface area contributed by atoms with E-state index in [1.807, 2.05) is 19.5 Å². The Balaban J connectivity index is 1.48. The van der Waals surface area contributed by atoms with Crippen LogP contribution in [0.4, 0.5) is 0 Å². The van der Waals surface area contributed by atoms with Crippen LogP contribution >= 0.6 is 0 Å². The fraction of sp³-hybridized carbons (Fsp3) is 0.588. The predicted molar refractivity (Wildman–Crippen MR) is 85.4 cm³/mol. The molecule has 2 unspecified atom stereocenters. The SMILES string of the molecule is COC1CCCCC1NCCCn1cnc2ccccc21. The van der Waals surface area contributed by atoms with Gasteiger partial charge in [-0.3, -0.25) is 0 Å². The van der Waals surface area contributed by atoms with Gasteiger partial charge in [-0.15, -0.1) is 0 Å². The molecule has 4 nitrogen and oxygen atoms in total. The van der Waals surface area contributed by atoms with E-state index in [2.05, 4.69) is 33.1 Å². The van der Waals surface area contributed by atoms with E-state index in [1.54, 1.807) is 0 Å². The highest BCUT2D eigenvalue weighted by atomic mass is 16.5. The Morgan fingerprint density at radius 3 is 3.05 bits per heavy atom. The second kappa shape index (κ2) is 7.05. The largest absolute Gasteiger partial charge is 0.380 e. The van der Waals surface area contributed by atoms with E-state index >= 15 is 0 Å². The number of hydrogen-bond donors (Lipinski definition) is 1. The molecule has 2 aromatic rings.